The molecule has 4 aromatic rings. The number of hydrogen-bond acceptors (Lipinski definition) is 5. The summed E-state index contributed by atoms with van der Waals surface area (Å²) in [5.74, 6) is -3.26. The minimum Gasteiger partial charge on any atom is -0.490 e. The summed E-state index contributed by atoms with van der Waals surface area (Å²) < 4.78 is 74.9. The second-order valence-electron chi connectivity index (χ2n) is 14.2. The van der Waals surface area contributed by atoms with Crippen LogP contribution in [0.1, 0.15) is 69.4 Å². The fourth-order valence-electron chi connectivity index (χ4n) is 8.10. The van der Waals surface area contributed by atoms with Crippen molar-refractivity contribution >= 4 is 26.7 Å². The Morgan fingerprint density at radius 1 is 0.860 bits per heavy atom. The van der Waals surface area contributed by atoms with Crippen LogP contribution in [-0.2, 0) is 27.3 Å². The molecule has 0 aromatic heterocycles. The molecule has 0 N–H and O–H groups in total. The molecule has 1 amide bonds. The van der Waals surface area contributed by atoms with E-state index in [0.29, 0.717) is 40.0 Å². The van der Waals surface area contributed by atoms with E-state index in [1.807, 2.05) is 42.5 Å². The summed E-state index contributed by atoms with van der Waals surface area (Å²) >= 11 is 0. The first-order valence-corrected chi connectivity index (χ1v) is 19.1. The van der Waals surface area contributed by atoms with Crippen molar-refractivity contribution in [1.82, 2.24) is 9.21 Å². The van der Waals surface area contributed by atoms with Crippen LogP contribution in [0.4, 0.5) is 8.78 Å². The predicted octanol–water partition coefficient (Wildman–Crippen LogP) is 8.31. The topological polar surface area (TPSA) is 76.2 Å². The van der Waals surface area contributed by atoms with E-state index in [2.05, 4.69) is 6.92 Å². The summed E-state index contributed by atoms with van der Waals surface area (Å²) in [5.41, 5.74) is 0.465. The first-order chi connectivity index (χ1) is 24.0. The molecule has 7 rings (SSSR count). The molecule has 3 unspecified atom stereocenters. The molecule has 50 heavy (non-hydrogen) atoms. The zero-order valence-corrected chi connectivity index (χ0v) is 29.3. The van der Waals surface area contributed by atoms with Crippen LogP contribution in [0.3, 0.4) is 0 Å². The SMILES string of the molecule is CC1CC2CCC(C1)N2C(=O)C(N(C)S(=O)(=O)c1ccc2cc(OC3CCCC3)ccc2c1)C(F)(F)c1ccc(OCc2ccccc2)cc1. The quantitative estimate of drug-likeness (QED) is 0.157. The van der Waals surface area contributed by atoms with Gasteiger partial charge in [0.05, 0.1) is 11.0 Å². The second-order valence-corrected chi connectivity index (χ2v) is 16.2. The number of sulfonamides is 1. The second kappa shape index (κ2) is 13.9. The number of likely N-dealkylation sites (N-methyl/N-ethyl adjacent to an activating group) is 1. The van der Waals surface area contributed by atoms with Crippen molar-refractivity contribution in [2.45, 2.75) is 99.9 Å². The number of carbonyl (C=O) groups is 1. The number of nitrogens with zero attached hydrogens (tertiary/aromatic N) is 2. The molecule has 2 bridgehead atoms. The Morgan fingerprint density at radius 2 is 1.48 bits per heavy atom. The average Bonchev–Trinajstić information content (AvgIpc) is 3.72. The van der Waals surface area contributed by atoms with Crippen molar-refractivity contribution in [3.63, 3.8) is 0 Å². The van der Waals surface area contributed by atoms with Crippen molar-refractivity contribution in [1.29, 1.82) is 0 Å². The highest BCUT2D eigenvalue weighted by molar-refractivity contribution is 7.89. The van der Waals surface area contributed by atoms with Gasteiger partial charge in [-0.3, -0.25) is 4.79 Å². The molecule has 4 aromatic carbocycles. The van der Waals surface area contributed by atoms with E-state index < -0.39 is 33.5 Å². The lowest BCUT2D eigenvalue weighted by Crippen LogP contribution is -2.60. The van der Waals surface area contributed by atoms with Crippen LogP contribution in [0.2, 0.25) is 0 Å². The molecular formula is C40H44F2N2O5S. The third-order valence-corrected chi connectivity index (χ3v) is 12.5. The predicted molar refractivity (Wildman–Crippen MR) is 189 cm³/mol. The average molecular weight is 703 g/mol. The van der Waals surface area contributed by atoms with E-state index in [9.17, 15) is 13.2 Å². The lowest BCUT2D eigenvalue weighted by molar-refractivity contribution is -0.155. The van der Waals surface area contributed by atoms with Crippen LogP contribution in [0.25, 0.3) is 10.8 Å². The Kier molecular flexibility index (Phi) is 9.60. The molecule has 7 nitrogen and oxygen atoms in total. The van der Waals surface area contributed by atoms with Crippen LogP contribution in [0.5, 0.6) is 11.5 Å². The van der Waals surface area contributed by atoms with Crippen LogP contribution in [-0.4, -0.2) is 54.8 Å². The molecule has 3 atom stereocenters. The molecule has 2 aliphatic heterocycles. The molecule has 2 saturated heterocycles. The molecule has 1 aliphatic carbocycles. The monoisotopic (exact) mass is 702 g/mol. The van der Waals surface area contributed by atoms with Gasteiger partial charge in [-0.05, 0) is 122 Å². The maximum Gasteiger partial charge on any atom is 0.298 e. The van der Waals surface area contributed by atoms with Crippen LogP contribution in [0.15, 0.2) is 95.9 Å². The number of fused-ring (bicyclic) bond motifs is 3. The lowest BCUT2D eigenvalue weighted by atomic mass is 9.90. The van der Waals surface area contributed by atoms with Crippen LogP contribution < -0.4 is 9.47 Å². The van der Waals surface area contributed by atoms with Crippen molar-refractivity contribution in [2.24, 2.45) is 5.92 Å². The molecular weight excluding hydrogens is 659 g/mol. The van der Waals surface area contributed by atoms with Crippen LogP contribution >= 0.6 is 0 Å². The van der Waals surface area contributed by atoms with E-state index >= 15 is 8.78 Å². The highest BCUT2D eigenvalue weighted by atomic mass is 32.2. The molecule has 3 aliphatic rings. The first kappa shape index (κ1) is 34.4. The number of piperidine rings is 1. The molecule has 0 spiro atoms. The molecule has 10 heteroatoms. The van der Waals surface area contributed by atoms with Gasteiger partial charge in [0.2, 0.25) is 15.9 Å². The normalized spacial score (nSPS) is 21.9. The summed E-state index contributed by atoms with van der Waals surface area (Å²) in [6.07, 6.45) is 7.34. The number of carbonyl (C=O) groups excluding carboxylic acids is 1. The standard InChI is InChI=1S/C40H44F2N2O5S/c1-27-22-32-16-17-33(23-27)44(32)39(45)38(40(41,42)31-14-19-34(20-15-31)48-26-28-8-4-3-5-9-28)43(2)50(46,47)37-21-13-29-24-36(18-12-30(29)25-37)49-35-10-6-7-11-35/h3-5,8-9,12-15,18-21,24-25,27,32-33,35,38H,6-7,10-11,16-17,22-23,26H2,1-2H3. The Balaban J connectivity index is 1.19. The van der Waals surface area contributed by atoms with Crippen molar-refractivity contribution in [3.05, 3.63) is 102 Å². The number of ether oxygens (including phenoxy) is 2. The van der Waals surface area contributed by atoms with Gasteiger partial charge in [-0.1, -0.05) is 49.4 Å². The summed E-state index contributed by atoms with van der Waals surface area (Å²) in [7, 11) is -3.46. The number of amides is 1. The highest BCUT2D eigenvalue weighted by Crippen LogP contribution is 2.44. The smallest absolute Gasteiger partial charge is 0.298 e. The van der Waals surface area contributed by atoms with Gasteiger partial charge in [0, 0.05) is 24.7 Å². The number of halogens is 2. The zero-order valence-electron chi connectivity index (χ0n) is 28.5. The van der Waals surface area contributed by atoms with Crippen molar-refractivity contribution < 1.29 is 31.5 Å². The summed E-state index contributed by atoms with van der Waals surface area (Å²) in [5, 5.41) is 1.40. The summed E-state index contributed by atoms with van der Waals surface area (Å²) in [6.45, 7) is 2.37. The van der Waals surface area contributed by atoms with E-state index in [1.54, 1.807) is 17.0 Å². The number of rotatable bonds is 11. The lowest BCUT2D eigenvalue weighted by Gasteiger charge is -2.42. The van der Waals surface area contributed by atoms with Gasteiger partial charge in [0.25, 0.3) is 5.92 Å². The fourth-order valence-corrected chi connectivity index (χ4v) is 9.45. The van der Waals surface area contributed by atoms with Crippen molar-refractivity contribution in [2.75, 3.05) is 7.05 Å². The molecule has 0 radical (unpaired) electrons. The van der Waals surface area contributed by atoms with Gasteiger partial charge in [0.1, 0.15) is 18.1 Å². The molecule has 2 heterocycles. The summed E-state index contributed by atoms with van der Waals surface area (Å²) in [4.78, 5) is 15.8. The van der Waals surface area contributed by atoms with Gasteiger partial charge in [-0.2, -0.15) is 13.1 Å². The van der Waals surface area contributed by atoms with Crippen LogP contribution in [0, 0.1) is 5.92 Å². The van der Waals surface area contributed by atoms with Gasteiger partial charge >= 0.3 is 0 Å². The first-order valence-electron chi connectivity index (χ1n) is 17.7. The number of hydrogen-bond donors (Lipinski definition) is 0. The minimum absolute atomic E-state index is 0.162. The van der Waals surface area contributed by atoms with Gasteiger partial charge in [-0.25, -0.2) is 8.42 Å². The number of alkyl halides is 2. The molecule has 1 saturated carbocycles. The van der Waals surface area contributed by atoms with Gasteiger partial charge < -0.3 is 14.4 Å². The molecule has 3 fully saturated rings. The van der Waals surface area contributed by atoms with E-state index in [1.165, 1.54) is 36.4 Å². The van der Waals surface area contributed by atoms with Gasteiger partial charge in [0.15, 0.2) is 6.04 Å². The zero-order chi connectivity index (χ0) is 35.0. The molecule has 264 valence electrons. The van der Waals surface area contributed by atoms with E-state index in [0.717, 1.165) is 56.5 Å². The van der Waals surface area contributed by atoms with Crippen molar-refractivity contribution in [3.8, 4) is 11.5 Å². The van der Waals surface area contributed by atoms with Gasteiger partial charge in [-0.15, -0.1) is 0 Å². The number of benzene rings is 4. The largest absolute Gasteiger partial charge is 0.490 e. The Morgan fingerprint density at radius 3 is 2.16 bits per heavy atom. The maximum atomic E-state index is 16.9. The Bertz CT molecular complexity index is 1920. The fraction of sp³-hybridized carbons (Fsp3) is 0.425. The Hall–Kier alpha value is -4.02. The summed E-state index contributed by atoms with van der Waals surface area (Å²) in [6, 6.07) is 22.1. The highest BCUT2D eigenvalue weighted by Gasteiger charge is 2.56. The van der Waals surface area contributed by atoms with E-state index in [-0.39, 0.29) is 29.7 Å². The van der Waals surface area contributed by atoms with E-state index in [4.69, 9.17) is 9.47 Å². The minimum atomic E-state index is -4.56. The third-order valence-electron chi connectivity index (χ3n) is 10.7. The Labute approximate surface area is 293 Å². The third kappa shape index (κ3) is 6.84. The maximum absolute atomic E-state index is 16.9.